The van der Waals surface area contributed by atoms with E-state index in [1.54, 1.807) is 0 Å². The number of carbonyl (C=O) groups is 1. The lowest BCUT2D eigenvalue weighted by Crippen LogP contribution is -2.15. The van der Waals surface area contributed by atoms with Crippen LogP contribution in [0.1, 0.15) is 19.3 Å². The molecule has 0 N–H and O–H groups in total. The third kappa shape index (κ3) is 26.4. The Balaban J connectivity index is 1.60. The largest absolute Gasteiger partial charge is 0.379 e. The first-order valence-electron chi connectivity index (χ1n) is 13.6. The summed E-state index contributed by atoms with van der Waals surface area (Å²) in [5.74, 6) is 3.04. The fraction of sp³-hybridized carbons (Fsp3) is 0.889. The van der Waals surface area contributed by atoms with E-state index in [2.05, 4.69) is 5.92 Å². The number of ketones is 1. The zero-order chi connectivity index (χ0) is 27.2. The van der Waals surface area contributed by atoms with E-state index in [0.29, 0.717) is 150 Å². The molecule has 0 aromatic heterocycles. The first-order chi connectivity index (χ1) is 18.8. The number of terminal acetylenes is 1. The molecule has 11 heteroatoms. The lowest BCUT2D eigenvalue weighted by atomic mass is 10.2. The molecule has 222 valence electrons. The van der Waals surface area contributed by atoms with Gasteiger partial charge < -0.3 is 47.4 Å². The minimum atomic E-state index is 0.308. The molecule has 1 rings (SSSR count). The number of hydrogen-bond acceptors (Lipinski definition) is 11. The van der Waals surface area contributed by atoms with Crippen LogP contribution in [-0.2, 0) is 52.2 Å². The molecule has 1 aliphatic rings. The third-order valence-corrected chi connectivity index (χ3v) is 5.06. The van der Waals surface area contributed by atoms with Crippen LogP contribution in [0.3, 0.4) is 0 Å². The summed E-state index contributed by atoms with van der Waals surface area (Å²) in [4.78, 5) is 11.5. The smallest absolute Gasteiger partial charge is 0.138 e. The predicted octanol–water partition coefficient (Wildman–Crippen LogP) is 1.15. The summed E-state index contributed by atoms with van der Waals surface area (Å²) >= 11 is 0. The normalized spacial score (nSPS) is 13.1. The first kappa shape index (κ1) is 34.9. The van der Waals surface area contributed by atoms with E-state index in [9.17, 15) is 4.79 Å². The number of hydrogen-bond donors (Lipinski definition) is 0. The Hall–Kier alpha value is -1.17. The van der Waals surface area contributed by atoms with E-state index in [1.165, 1.54) is 0 Å². The maximum atomic E-state index is 11.5. The van der Waals surface area contributed by atoms with Gasteiger partial charge in [-0.3, -0.25) is 4.79 Å². The van der Waals surface area contributed by atoms with Gasteiger partial charge in [0.05, 0.1) is 126 Å². The van der Waals surface area contributed by atoms with Crippen LogP contribution in [0.15, 0.2) is 0 Å². The summed E-state index contributed by atoms with van der Waals surface area (Å²) in [5.41, 5.74) is 0. The highest BCUT2D eigenvalue weighted by Gasteiger charge is 2.28. The molecule has 0 aromatic carbocycles. The number of rotatable bonds is 32. The van der Waals surface area contributed by atoms with Crippen LogP contribution in [0.5, 0.6) is 0 Å². The fourth-order valence-corrected chi connectivity index (χ4v) is 2.89. The Labute approximate surface area is 228 Å². The summed E-state index contributed by atoms with van der Waals surface area (Å²) in [5, 5.41) is 0. The van der Waals surface area contributed by atoms with Gasteiger partial charge in [-0.2, -0.15) is 0 Å². The van der Waals surface area contributed by atoms with Crippen molar-refractivity contribution in [2.45, 2.75) is 19.3 Å². The van der Waals surface area contributed by atoms with Crippen molar-refractivity contribution in [3.05, 3.63) is 0 Å². The van der Waals surface area contributed by atoms with Crippen LogP contribution in [-0.4, -0.2) is 138 Å². The van der Waals surface area contributed by atoms with Crippen molar-refractivity contribution >= 4 is 5.78 Å². The van der Waals surface area contributed by atoms with E-state index < -0.39 is 0 Å². The summed E-state index contributed by atoms with van der Waals surface area (Å²) in [7, 11) is 0. The molecular formula is C27H48O11. The average Bonchev–Trinajstić information content (AvgIpc) is 3.77. The Bertz CT molecular complexity index is 552. The third-order valence-electron chi connectivity index (χ3n) is 5.06. The zero-order valence-corrected chi connectivity index (χ0v) is 22.9. The molecule has 1 saturated carbocycles. The standard InChI is InChI=1S/C27H48O11/c1-2-6-29-8-10-31-12-14-33-16-18-35-20-22-37-24-25-38-23-21-36-19-17-34-15-13-32-11-9-30-7-5-27(28)26-3-4-26/h1,26H,3-25H2. The number of ether oxygens (including phenoxy) is 10. The van der Waals surface area contributed by atoms with Crippen LogP contribution in [0.2, 0.25) is 0 Å². The predicted molar refractivity (Wildman–Crippen MR) is 139 cm³/mol. The van der Waals surface area contributed by atoms with Crippen molar-refractivity contribution in [3.63, 3.8) is 0 Å². The molecule has 0 radical (unpaired) electrons. The molecule has 0 amide bonds. The van der Waals surface area contributed by atoms with Crippen LogP contribution >= 0.6 is 0 Å². The molecule has 1 aliphatic carbocycles. The maximum absolute atomic E-state index is 11.5. The molecule has 0 bridgehead atoms. The van der Waals surface area contributed by atoms with Crippen LogP contribution in [0, 0.1) is 18.3 Å². The molecule has 0 aromatic rings. The second-order valence-electron chi connectivity index (χ2n) is 8.26. The highest BCUT2D eigenvalue weighted by molar-refractivity contribution is 5.83. The molecule has 0 aliphatic heterocycles. The number of carbonyl (C=O) groups excluding carboxylic acids is 1. The van der Waals surface area contributed by atoms with Crippen LogP contribution < -0.4 is 0 Å². The molecule has 0 heterocycles. The highest BCUT2D eigenvalue weighted by atomic mass is 16.6. The van der Waals surface area contributed by atoms with Gasteiger partial charge in [0.25, 0.3) is 0 Å². The molecule has 1 fully saturated rings. The lowest BCUT2D eigenvalue weighted by molar-refractivity contribution is -0.121. The van der Waals surface area contributed by atoms with Crippen molar-refractivity contribution in [1.29, 1.82) is 0 Å². The summed E-state index contributed by atoms with van der Waals surface area (Å²) in [6, 6.07) is 0. The molecule has 0 spiro atoms. The van der Waals surface area contributed by atoms with E-state index in [1.807, 2.05) is 0 Å². The fourth-order valence-electron chi connectivity index (χ4n) is 2.89. The summed E-state index contributed by atoms with van der Waals surface area (Å²) in [6.07, 6.45) is 7.69. The first-order valence-corrected chi connectivity index (χ1v) is 13.6. The van der Waals surface area contributed by atoms with Gasteiger partial charge in [-0.05, 0) is 12.8 Å². The van der Waals surface area contributed by atoms with Crippen LogP contribution in [0.4, 0.5) is 0 Å². The van der Waals surface area contributed by atoms with Gasteiger partial charge >= 0.3 is 0 Å². The van der Waals surface area contributed by atoms with Crippen LogP contribution in [0.25, 0.3) is 0 Å². The average molecular weight is 549 g/mol. The van der Waals surface area contributed by atoms with Gasteiger partial charge in [0, 0.05) is 12.3 Å². The quantitative estimate of drug-likeness (QED) is 0.0892. The summed E-state index contributed by atoms with van der Waals surface area (Å²) in [6.45, 7) is 9.93. The highest BCUT2D eigenvalue weighted by Crippen LogP contribution is 2.30. The van der Waals surface area contributed by atoms with Gasteiger partial charge in [0.15, 0.2) is 0 Å². The van der Waals surface area contributed by atoms with E-state index in [4.69, 9.17) is 53.8 Å². The van der Waals surface area contributed by atoms with E-state index >= 15 is 0 Å². The van der Waals surface area contributed by atoms with E-state index in [-0.39, 0.29) is 0 Å². The minimum Gasteiger partial charge on any atom is -0.379 e. The Morgan fingerprint density at radius 3 is 1.00 bits per heavy atom. The Kier molecular flexibility index (Phi) is 26.4. The second kappa shape index (κ2) is 28.8. The number of Topliss-reactive ketones (excluding diaryl/α,β-unsaturated/α-hetero) is 1. The lowest BCUT2D eigenvalue weighted by Gasteiger charge is -2.09. The van der Waals surface area contributed by atoms with Gasteiger partial charge in [-0.15, -0.1) is 6.42 Å². The second-order valence-corrected chi connectivity index (χ2v) is 8.26. The van der Waals surface area contributed by atoms with Crippen molar-refractivity contribution in [1.82, 2.24) is 0 Å². The van der Waals surface area contributed by atoms with Gasteiger partial charge in [0.2, 0.25) is 0 Å². The Morgan fingerprint density at radius 2 is 0.737 bits per heavy atom. The zero-order valence-electron chi connectivity index (χ0n) is 22.9. The molecule has 11 nitrogen and oxygen atoms in total. The monoisotopic (exact) mass is 548 g/mol. The van der Waals surface area contributed by atoms with Gasteiger partial charge in [-0.25, -0.2) is 0 Å². The van der Waals surface area contributed by atoms with E-state index in [0.717, 1.165) is 12.8 Å². The minimum absolute atomic E-state index is 0.308. The molecule has 0 unspecified atom stereocenters. The maximum Gasteiger partial charge on any atom is 0.138 e. The molecular weight excluding hydrogens is 500 g/mol. The van der Waals surface area contributed by atoms with Crippen molar-refractivity contribution in [2.24, 2.45) is 5.92 Å². The molecule has 38 heavy (non-hydrogen) atoms. The van der Waals surface area contributed by atoms with Crippen molar-refractivity contribution < 1.29 is 52.2 Å². The van der Waals surface area contributed by atoms with Crippen molar-refractivity contribution in [3.8, 4) is 12.3 Å². The molecule has 0 atom stereocenters. The van der Waals surface area contributed by atoms with Gasteiger partial charge in [0.1, 0.15) is 12.4 Å². The molecule has 0 saturated heterocycles. The van der Waals surface area contributed by atoms with Gasteiger partial charge in [-0.1, -0.05) is 5.92 Å². The van der Waals surface area contributed by atoms with Crippen molar-refractivity contribution in [2.75, 3.05) is 132 Å². The Morgan fingerprint density at radius 1 is 0.474 bits per heavy atom. The summed E-state index contributed by atoms with van der Waals surface area (Å²) < 4.78 is 53.8. The topological polar surface area (TPSA) is 109 Å². The SMILES string of the molecule is C#CCOCCOCCOCCOCCOCCOCCOCCOCCOCCOCCC(=O)C1CC1.